The third-order valence-electron chi connectivity index (χ3n) is 3.71. The summed E-state index contributed by atoms with van der Waals surface area (Å²) in [5, 5.41) is 3.35. The fourth-order valence-corrected chi connectivity index (χ4v) is 2.65. The topological polar surface area (TPSA) is 37.8 Å². The number of aromatic nitrogens is 2. The zero-order chi connectivity index (χ0) is 13.9. The summed E-state index contributed by atoms with van der Waals surface area (Å²) in [5.74, 6) is 0.543. The van der Waals surface area contributed by atoms with Crippen LogP contribution >= 0.6 is 0 Å². The quantitative estimate of drug-likeness (QED) is 0.931. The molecule has 2 heterocycles. The first-order chi connectivity index (χ1) is 9.78. The molecule has 3 nitrogen and oxygen atoms in total. The number of nitrogens with one attached hydrogen (secondary N) is 1. The van der Waals surface area contributed by atoms with Gasteiger partial charge in [0.2, 0.25) is 0 Å². The first-order valence-corrected chi connectivity index (χ1v) is 7.09. The minimum atomic E-state index is -0.187. The zero-order valence-corrected chi connectivity index (χ0v) is 11.6. The van der Waals surface area contributed by atoms with Crippen LogP contribution in [0.4, 0.5) is 4.39 Å². The lowest BCUT2D eigenvalue weighted by molar-refractivity contribution is 0.601. The summed E-state index contributed by atoms with van der Waals surface area (Å²) >= 11 is 0. The SMILES string of the molecule is CCc1nc(Cc2ccccc2F)nc2c1CNCC2. The van der Waals surface area contributed by atoms with Crippen molar-refractivity contribution in [3.05, 3.63) is 58.4 Å². The fraction of sp³-hybridized carbons (Fsp3) is 0.375. The molecule has 0 bridgehead atoms. The number of fused-ring (bicyclic) bond motifs is 1. The lowest BCUT2D eigenvalue weighted by atomic mass is 10.0. The Morgan fingerprint density at radius 3 is 2.90 bits per heavy atom. The van der Waals surface area contributed by atoms with Gasteiger partial charge in [-0.1, -0.05) is 25.1 Å². The molecule has 0 aliphatic carbocycles. The van der Waals surface area contributed by atoms with E-state index in [0.29, 0.717) is 12.0 Å². The number of benzene rings is 1. The predicted octanol–water partition coefficient (Wildman–Crippen LogP) is 2.41. The summed E-state index contributed by atoms with van der Waals surface area (Å²) in [6.45, 7) is 3.90. The summed E-state index contributed by atoms with van der Waals surface area (Å²) in [5.41, 5.74) is 4.11. The highest BCUT2D eigenvalue weighted by Gasteiger charge is 2.17. The Kier molecular flexibility index (Phi) is 3.74. The highest BCUT2D eigenvalue weighted by molar-refractivity contribution is 5.30. The summed E-state index contributed by atoms with van der Waals surface area (Å²) in [6, 6.07) is 6.83. The number of hydrogen-bond donors (Lipinski definition) is 1. The van der Waals surface area contributed by atoms with Gasteiger partial charge in [-0.3, -0.25) is 0 Å². The smallest absolute Gasteiger partial charge is 0.133 e. The van der Waals surface area contributed by atoms with Crippen molar-refractivity contribution in [1.82, 2.24) is 15.3 Å². The molecule has 4 heteroatoms. The molecule has 1 N–H and O–H groups in total. The lowest BCUT2D eigenvalue weighted by Crippen LogP contribution is -2.27. The van der Waals surface area contributed by atoms with Crippen LogP contribution in [0.5, 0.6) is 0 Å². The molecule has 1 aromatic carbocycles. The molecule has 0 spiro atoms. The van der Waals surface area contributed by atoms with Crippen LogP contribution in [-0.2, 0) is 25.8 Å². The van der Waals surface area contributed by atoms with Crippen molar-refractivity contribution >= 4 is 0 Å². The summed E-state index contributed by atoms with van der Waals surface area (Å²) in [6.07, 6.45) is 2.27. The molecule has 0 unspecified atom stereocenters. The Morgan fingerprint density at radius 1 is 1.25 bits per heavy atom. The Labute approximate surface area is 118 Å². The van der Waals surface area contributed by atoms with E-state index in [1.807, 2.05) is 6.07 Å². The maximum atomic E-state index is 13.7. The van der Waals surface area contributed by atoms with Crippen molar-refractivity contribution in [2.75, 3.05) is 6.54 Å². The van der Waals surface area contributed by atoms with Crippen LogP contribution in [0.15, 0.2) is 24.3 Å². The normalized spacial score (nSPS) is 14.1. The van der Waals surface area contributed by atoms with Crippen LogP contribution < -0.4 is 5.32 Å². The van der Waals surface area contributed by atoms with E-state index in [4.69, 9.17) is 0 Å². The summed E-state index contributed by atoms with van der Waals surface area (Å²) < 4.78 is 13.7. The first kappa shape index (κ1) is 13.2. The van der Waals surface area contributed by atoms with Crippen LogP contribution in [0.2, 0.25) is 0 Å². The average molecular weight is 271 g/mol. The van der Waals surface area contributed by atoms with Gasteiger partial charge in [0.1, 0.15) is 11.6 Å². The van der Waals surface area contributed by atoms with Gasteiger partial charge in [-0.25, -0.2) is 14.4 Å². The number of nitrogens with zero attached hydrogens (tertiary/aromatic N) is 2. The van der Waals surface area contributed by atoms with Crippen molar-refractivity contribution in [2.45, 2.75) is 32.7 Å². The van der Waals surface area contributed by atoms with Gasteiger partial charge < -0.3 is 5.32 Å². The molecule has 1 aliphatic heterocycles. The number of hydrogen-bond acceptors (Lipinski definition) is 3. The number of halogens is 1. The fourth-order valence-electron chi connectivity index (χ4n) is 2.65. The monoisotopic (exact) mass is 271 g/mol. The highest BCUT2D eigenvalue weighted by atomic mass is 19.1. The molecule has 0 saturated heterocycles. The second-order valence-corrected chi connectivity index (χ2v) is 5.06. The van der Waals surface area contributed by atoms with Crippen LogP contribution in [-0.4, -0.2) is 16.5 Å². The van der Waals surface area contributed by atoms with Gasteiger partial charge in [-0.05, 0) is 18.1 Å². The van der Waals surface area contributed by atoms with E-state index >= 15 is 0 Å². The molecule has 3 rings (SSSR count). The molecule has 1 aromatic heterocycles. The van der Waals surface area contributed by atoms with Gasteiger partial charge in [0.15, 0.2) is 0 Å². The van der Waals surface area contributed by atoms with E-state index in [9.17, 15) is 4.39 Å². The largest absolute Gasteiger partial charge is 0.312 e. The van der Waals surface area contributed by atoms with E-state index in [0.717, 1.165) is 43.1 Å². The van der Waals surface area contributed by atoms with Gasteiger partial charge in [-0.2, -0.15) is 0 Å². The van der Waals surface area contributed by atoms with E-state index in [1.54, 1.807) is 12.1 Å². The molecule has 20 heavy (non-hydrogen) atoms. The molecule has 0 atom stereocenters. The van der Waals surface area contributed by atoms with Crippen LogP contribution in [0.1, 0.15) is 35.3 Å². The molecule has 0 radical (unpaired) electrons. The van der Waals surface area contributed by atoms with Crippen molar-refractivity contribution in [1.29, 1.82) is 0 Å². The minimum absolute atomic E-state index is 0.187. The average Bonchev–Trinajstić information content (AvgIpc) is 2.49. The molecule has 0 amide bonds. The molecule has 0 fully saturated rings. The van der Waals surface area contributed by atoms with Crippen LogP contribution in [0.3, 0.4) is 0 Å². The molecule has 0 saturated carbocycles. The first-order valence-electron chi connectivity index (χ1n) is 7.09. The van der Waals surface area contributed by atoms with Crippen molar-refractivity contribution < 1.29 is 4.39 Å². The maximum Gasteiger partial charge on any atom is 0.133 e. The second kappa shape index (κ2) is 5.67. The van der Waals surface area contributed by atoms with E-state index in [2.05, 4.69) is 22.2 Å². The van der Waals surface area contributed by atoms with E-state index in [1.165, 1.54) is 11.6 Å². The predicted molar refractivity (Wildman–Crippen MR) is 76.0 cm³/mol. The third-order valence-corrected chi connectivity index (χ3v) is 3.71. The van der Waals surface area contributed by atoms with Crippen LogP contribution in [0, 0.1) is 5.82 Å². The van der Waals surface area contributed by atoms with Gasteiger partial charge in [-0.15, -0.1) is 0 Å². The Morgan fingerprint density at radius 2 is 2.10 bits per heavy atom. The van der Waals surface area contributed by atoms with Gasteiger partial charge in [0, 0.05) is 37.2 Å². The number of rotatable bonds is 3. The zero-order valence-electron chi connectivity index (χ0n) is 11.6. The van der Waals surface area contributed by atoms with Crippen molar-refractivity contribution in [3.63, 3.8) is 0 Å². The Balaban J connectivity index is 1.96. The maximum absolute atomic E-state index is 13.7. The number of aryl methyl sites for hydroxylation is 1. The molecular weight excluding hydrogens is 253 g/mol. The second-order valence-electron chi connectivity index (χ2n) is 5.06. The van der Waals surface area contributed by atoms with Crippen LogP contribution in [0.25, 0.3) is 0 Å². The van der Waals surface area contributed by atoms with Gasteiger partial charge in [0.05, 0.1) is 5.69 Å². The van der Waals surface area contributed by atoms with E-state index in [-0.39, 0.29) is 5.82 Å². The van der Waals surface area contributed by atoms with E-state index < -0.39 is 0 Å². The molecule has 1 aliphatic rings. The standard InChI is InChI=1S/C16H18FN3/c1-2-14-12-10-18-8-7-15(12)20-16(19-14)9-11-5-3-4-6-13(11)17/h3-6,18H,2,7-10H2,1H3. The minimum Gasteiger partial charge on any atom is -0.312 e. The van der Waals surface area contributed by atoms with Gasteiger partial charge in [0.25, 0.3) is 0 Å². The van der Waals surface area contributed by atoms with Crippen molar-refractivity contribution in [2.24, 2.45) is 0 Å². The lowest BCUT2D eigenvalue weighted by Gasteiger charge is -2.19. The van der Waals surface area contributed by atoms with Crippen molar-refractivity contribution in [3.8, 4) is 0 Å². The Hall–Kier alpha value is -1.81. The molecular formula is C16H18FN3. The highest BCUT2D eigenvalue weighted by Crippen LogP contribution is 2.18. The summed E-state index contributed by atoms with van der Waals surface area (Å²) in [7, 11) is 0. The summed E-state index contributed by atoms with van der Waals surface area (Å²) in [4.78, 5) is 9.26. The van der Waals surface area contributed by atoms with Gasteiger partial charge >= 0.3 is 0 Å². The third kappa shape index (κ3) is 2.56. The molecule has 104 valence electrons. The molecule has 2 aromatic rings. The Bertz CT molecular complexity index is 608.